The largest absolute Gasteiger partial charge is 0.431 e. The van der Waals surface area contributed by atoms with Gasteiger partial charge in [0.2, 0.25) is 0 Å². The van der Waals surface area contributed by atoms with Crippen molar-refractivity contribution in [2.75, 3.05) is 23.4 Å². The van der Waals surface area contributed by atoms with Crippen molar-refractivity contribution in [3.63, 3.8) is 0 Å². The normalized spacial score (nSPS) is 30.8. The number of benzene rings is 1. The van der Waals surface area contributed by atoms with E-state index in [0.717, 1.165) is 42.4 Å². The van der Waals surface area contributed by atoms with Gasteiger partial charge in [-0.3, -0.25) is 0 Å². The van der Waals surface area contributed by atoms with Crippen LogP contribution in [0.2, 0.25) is 0 Å². The van der Waals surface area contributed by atoms with Crippen LogP contribution in [-0.4, -0.2) is 42.9 Å². The number of fused-ring (bicyclic) bond motifs is 4. The first-order valence-corrected chi connectivity index (χ1v) is 13.9. The third-order valence-electron chi connectivity index (χ3n) is 8.89. The molecule has 0 N–H and O–H groups in total. The molecule has 3 nitrogen and oxygen atoms in total. The fourth-order valence-corrected chi connectivity index (χ4v) is 7.12. The van der Waals surface area contributed by atoms with Gasteiger partial charge < -0.3 is 14.7 Å². The topological polar surface area (TPSA) is 9.72 Å². The molecule has 5 atom stereocenters. The van der Waals surface area contributed by atoms with Crippen molar-refractivity contribution in [2.24, 2.45) is 17.8 Å². The summed E-state index contributed by atoms with van der Waals surface area (Å²) in [4.78, 5) is 5.53. The second-order valence-electron chi connectivity index (χ2n) is 11.1. The number of rotatable bonds is 2. The molecule has 5 aliphatic rings. The van der Waals surface area contributed by atoms with Crippen LogP contribution in [0, 0.1) is 17.8 Å². The summed E-state index contributed by atoms with van der Waals surface area (Å²) in [7, 11) is 1.95. The third-order valence-corrected chi connectivity index (χ3v) is 8.89. The Balaban J connectivity index is 1.46. The molecule has 1 aromatic rings. The first kappa shape index (κ1) is 27.5. The lowest BCUT2D eigenvalue weighted by Gasteiger charge is -2.36. The van der Waals surface area contributed by atoms with E-state index in [2.05, 4.69) is 9.80 Å². The minimum atomic E-state index is -4.66. The lowest BCUT2D eigenvalue weighted by molar-refractivity contribution is -0.112. The molecule has 9 heteroatoms. The number of alkyl halides is 6. The number of hydrogen-bond acceptors (Lipinski definition) is 3. The van der Waals surface area contributed by atoms with E-state index in [1.165, 1.54) is 17.1 Å². The molecule has 0 spiro atoms. The first-order valence-electron chi connectivity index (χ1n) is 13.9. The van der Waals surface area contributed by atoms with Crippen LogP contribution in [0.3, 0.4) is 0 Å². The van der Waals surface area contributed by atoms with E-state index in [9.17, 15) is 26.3 Å². The van der Waals surface area contributed by atoms with Gasteiger partial charge in [-0.15, -0.1) is 0 Å². The average molecular weight is 572 g/mol. The molecule has 0 aromatic heterocycles. The fourth-order valence-electron chi connectivity index (χ4n) is 7.12. The Morgan fingerprint density at radius 2 is 1.63 bits per heavy atom. The third kappa shape index (κ3) is 4.73. The van der Waals surface area contributed by atoms with Crippen molar-refractivity contribution in [3.05, 3.63) is 108 Å². The van der Waals surface area contributed by atoms with Crippen molar-refractivity contribution < 1.29 is 26.3 Å². The Bertz CT molecular complexity index is 1420. The van der Waals surface area contributed by atoms with Gasteiger partial charge in [-0.05, 0) is 67.7 Å². The molecule has 1 aromatic carbocycles. The summed E-state index contributed by atoms with van der Waals surface area (Å²) in [6.45, 7) is 2.76. The summed E-state index contributed by atoms with van der Waals surface area (Å²) in [5.74, 6) is -1.12. The smallest absolute Gasteiger partial charge is 0.369 e. The van der Waals surface area contributed by atoms with Crippen molar-refractivity contribution in [2.45, 2.75) is 44.2 Å². The molecule has 0 radical (unpaired) electrons. The van der Waals surface area contributed by atoms with Crippen molar-refractivity contribution in [1.82, 2.24) is 4.90 Å². The van der Waals surface area contributed by atoms with Gasteiger partial charge in [0.15, 0.2) is 0 Å². The molecule has 6 rings (SSSR count). The highest BCUT2D eigenvalue weighted by Gasteiger charge is 2.63. The van der Waals surface area contributed by atoms with E-state index in [4.69, 9.17) is 0 Å². The van der Waals surface area contributed by atoms with E-state index < -0.39 is 35.6 Å². The second-order valence-corrected chi connectivity index (χ2v) is 11.1. The fraction of sp³-hybridized carbons (Fsp3) is 0.375. The minimum Gasteiger partial charge on any atom is -0.369 e. The molecule has 0 saturated heterocycles. The maximum atomic E-state index is 14.4. The van der Waals surface area contributed by atoms with Crippen LogP contribution in [0.5, 0.6) is 0 Å². The zero-order valence-electron chi connectivity index (χ0n) is 22.7. The molecule has 2 aliphatic carbocycles. The van der Waals surface area contributed by atoms with Crippen LogP contribution in [0.4, 0.5) is 37.7 Å². The molecule has 3 aliphatic heterocycles. The van der Waals surface area contributed by atoms with Gasteiger partial charge >= 0.3 is 12.4 Å². The highest BCUT2D eigenvalue weighted by Crippen LogP contribution is 2.59. The van der Waals surface area contributed by atoms with Gasteiger partial charge in [0.1, 0.15) is 5.70 Å². The maximum Gasteiger partial charge on any atom is 0.431 e. The van der Waals surface area contributed by atoms with Crippen LogP contribution in [0.15, 0.2) is 108 Å². The minimum absolute atomic E-state index is 0.00387. The summed E-state index contributed by atoms with van der Waals surface area (Å²) >= 11 is 0. The summed E-state index contributed by atoms with van der Waals surface area (Å²) in [5.41, 5.74) is 1.09. The molecule has 41 heavy (non-hydrogen) atoms. The lowest BCUT2D eigenvalue weighted by Crippen LogP contribution is -2.42. The summed E-state index contributed by atoms with van der Waals surface area (Å²) < 4.78 is 84.9. The van der Waals surface area contributed by atoms with Crippen molar-refractivity contribution >= 4 is 11.4 Å². The Labute approximate surface area is 235 Å². The molecule has 0 bridgehead atoms. The van der Waals surface area contributed by atoms with Crippen molar-refractivity contribution in [1.29, 1.82) is 0 Å². The van der Waals surface area contributed by atoms with Gasteiger partial charge in [0, 0.05) is 49.4 Å². The molecular weight excluding hydrogens is 540 g/mol. The molecule has 0 amide bonds. The second kappa shape index (κ2) is 10.0. The maximum absolute atomic E-state index is 14.4. The highest BCUT2D eigenvalue weighted by molar-refractivity contribution is 5.73. The molecule has 5 unspecified atom stereocenters. The number of hydrogen-bond donors (Lipinski definition) is 0. The van der Waals surface area contributed by atoms with Gasteiger partial charge in [0.25, 0.3) is 0 Å². The zero-order valence-corrected chi connectivity index (χ0v) is 22.7. The standard InChI is InChI=1S/C32H31F6N3/c1-3-40-18-9-5-4-6-11-22-28(29(22)39(2)25-12-7-8-13-26(25)40)30-23-19-20(31(33,34)35)16-17-21(23)24-14-10-15-27(41(24)30)32(36,37)38/h4-5,7-10,12-19,22-23,28-30H,3,6,11H2,1-2H3/b5-4-,18-9-. The van der Waals surface area contributed by atoms with E-state index in [0.29, 0.717) is 17.8 Å². The summed E-state index contributed by atoms with van der Waals surface area (Å²) in [6, 6.07) is 6.94. The molecule has 1 saturated carbocycles. The Kier molecular flexibility index (Phi) is 6.74. The van der Waals surface area contributed by atoms with Gasteiger partial charge in [-0.2, -0.15) is 26.3 Å². The van der Waals surface area contributed by atoms with E-state index in [1.54, 1.807) is 6.08 Å². The molecule has 216 valence electrons. The molecular formula is C32H31F6N3. The predicted molar refractivity (Wildman–Crippen MR) is 149 cm³/mol. The molecule has 3 heterocycles. The van der Waals surface area contributed by atoms with Crippen LogP contribution >= 0.6 is 0 Å². The summed E-state index contributed by atoms with van der Waals surface area (Å²) in [5, 5.41) is 0. The number of allylic oxidation sites excluding steroid dienone is 10. The SMILES string of the molecule is CCN1/C=C\C=C/CCC2C(C3C4C=C(C(F)(F)F)C=CC4=C4C=CC=C(C(F)(F)F)N43)C2N(C)c2ccccc21. The summed E-state index contributed by atoms with van der Waals surface area (Å²) in [6.07, 6.45) is 7.65. The quantitative estimate of drug-likeness (QED) is 0.333. The zero-order chi connectivity index (χ0) is 29.1. The Hall–Kier alpha value is -3.62. The monoisotopic (exact) mass is 571 g/mol. The number of nitrogens with zero attached hydrogens (tertiary/aromatic N) is 3. The van der Waals surface area contributed by atoms with Crippen molar-refractivity contribution in [3.8, 4) is 0 Å². The average Bonchev–Trinajstić information content (AvgIpc) is 3.53. The predicted octanol–water partition coefficient (Wildman–Crippen LogP) is 8.06. The van der Waals surface area contributed by atoms with Crippen LogP contribution in [0.25, 0.3) is 0 Å². The van der Waals surface area contributed by atoms with E-state index in [-0.39, 0.29) is 17.9 Å². The van der Waals surface area contributed by atoms with E-state index >= 15 is 0 Å². The van der Waals surface area contributed by atoms with Crippen LogP contribution in [-0.2, 0) is 0 Å². The number of anilines is 2. The van der Waals surface area contributed by atoms with Gasteiger partial charge in [0.05, 0.1) is 16.9 Å². The van der Waals surface area contributed by atoms with Crippen LogP contribution in [0.1, 0.15) is 19.8 Å². The number of para-hydroxylation sites is 2. The van der Waals surface area contributed by atoms with Crippen LogP contribution < -0.4 is 9.80 Å². The Morgan fingerprint density at radius 3 is 2.34 bits per heavy atom. The molecule has 1 fully saturated rings. The lowest BCUT2D eigenvalue weighted by atomic mass is 9.84. The number of halogens is 6. The highest BCUT2D eigenvalue weighted by atomic mass is 19.4. The van der Waals surface area contributed by atoms with E-state index in [1.807, 2.05) is 62.7 Å². The first-order chi connectivity index (χ1) is 19.5. The van der Waals surface area contributed by atoms with Gasteiger partial charge in [-0.1, -0.05) is 42.5 Å². The van der Waals surface area contributed by atoms with Gasteiger partial charge in [-0.25, -0.2) is 0 Å². The Morgan fingerprint density at radius 1 is 0.878 bits per heavy atom.